The monoisotopic (exact) mass is 423 g/mol. The number of fused-ring (bicyclic) bond motifs is 4. The van der Waals surface area contributed by atoms with Crippen LogP contribution in [0.5, 0.6) is 0 Å². The van der Waals surface area contributed by atoms with Gasteiger partial charge in [-0.2, -0.15) is 10.2 Å². The summed E-state index contributed by atoms with van der Waals surface area (Å²) in [5.74, 6) is -0.790. The van der Waals surface area contributed by atoms with Crippen LogP contribution in [0.4, 0.5) is 8.78 Å². The van der Waals surface area contributed by atoms with E-state index in [1.807, 2.05) is 4.90 Å². The molecule has 2 fully saturated rings. The van der Waals surface area contributed by atoms with Crippen molar-refractivity contribution in [2.24, 2.45) is 7.05 Å². The lowest BCUT2D eigenvalue weighted by Crippen LogP contribution is -2.50. The maximum Gasteiger partial charge on any atom is 0.258 e. The van der Waals surface area contributed by atoms with Gasteiger partial charge in [0.2, 0.25) is 0 Å². The first-order chi connectivity index (χ1) is 15.0. The zero-order chi connectivity index (χ0) is 21.3. The molecule has 1 saturated heterocycles. The second kappa shape index (κ2) is 6.73. The largest absolute Gasteiger partial charge is 0.327 e. The summed E-state index contributed by atoms with van der Waals surface area (Å²) in [6.45, 7) is 0. The summed E-state index contributed by atoms with van der Waals surface area (Å²) < 4.78 is 29.5. The van der Waals surface area contributed by atoms with Gasteiger partial charge in [0.15, 0.2) is 0 Å². The van der Waals surface area contributed by atoms with E-state index in [1.54, 1.807) is 17.9 Å². The molecule has 3 aromatic rings. The van der Waals surface area contributed by atoms with Crippen molar-refractivity contribution in [3.63, 3.8) is 0 Å². The smallest absolute Gasteiger partial charge is 0.258 e. The number of amides is 1. The molecule has 0 radical (unpaired) electrons. The summed E-state index contributed by atoms with van der Waals surface area (Å²) in [6, 6.07) is 3.49. The number of aromatic nitrogens is 4. The van der Waals surface area contributed by atoms with E-state index in [1.165, 1.54) is 12.1 Å². The van der Waals surface area contributed by atoms with E-state index in [-0.39, 0.29) is 18.0 Å². The van der Waals surface area contributed by atoms with Gasteiger partial charge in [0.05, 0.1) is 34.9 Å². The van der Waals surface area contributed by atoms with E-state index < -0.39 is 11.6 Å². The lowest BCUT2D eigenvalue weighted by atomic mass is 9.81. The second-order valence-corrected chi connectivity index (χ2v) is 8.98. The normalized spacial score (nSPS) is 22.5. The molecule has 8 heteroatoms. The number of carbonyl (C=O) groups is 1. The number of nitrogens with one attached hydrogen (secondary N) is 1. The molecule has 6 rings (SSSR count). The topological polar surface area (TPSA) is 66.8 Å². The molecule has 6 nitrogen and oxygen atoms in total. The van der Waals surface area contributed by atoms with Gasteiger partial charge in [-0.15, -0.1) is 0 Å². The molecule has 2 bridgehead atoms. The zero-order valence-corrected chi connectivity index (χ0v) is 17.2. The maximum atomic E-state index is 13.9. The van der Waals surface area contributed by atoms with Crippen molar-refractivity contribution < 1.29 is 13.6 Å². The van der Waals surface area contributed by atoms with Crippen LogP contribution in [0.15, 0.2) is 24.4 Å². The lowest BCUT2D eigenvalue weighted by Gasteiger charge is -2.45. The third-order valence-corrected chi connectivity index (χ3v) is 6.93. The molecule has 0 unspecified atom stereocenters. The summed E-state index contributed by atoms with van der Waals surface area (Å²) in [7, 11) is 1.80. The van der Waals surface area contributed by atoms with Crippen LogP contribution in [0.1, 0.15) is 71.4 Å². The molecule has 160 valence electrons. The summed E-state index contributed by atoms with van der Waals surface area (Å²) in [6.07, 6.45) is 7.24. The van der Waals surface area contributed by atoms with Gasteiger partial charge >= 0.3 is 0 Å². The van der Waals surface area contributed by atoms with E-state index in [4.69, 9.17) is 5.10 Å². The summed E-state index contributed by atoms with van der Waals surface area (Å²) in [5.41, 5.74) is 4.69. The molecule has 2 atom stereocenters. The number of hydrogen-bond acceptors (Lipinski definition) is 3. The standard InChI is InChI=1S/C23H23F2N5O/c1-29-22(13-7-14(24)9-15(25)8-13)17-10-16-3-2-4-19(21(17)28-29)30(16)23(31)18-11-26-27-20(18)12-5-6-12/h7-9,11-12,16,19H,2-6,10H2,1H3,(H,26,27)/t16-,19+/m1/s1. The van der Waals surface area contributed by atoms with Crippen molar-refractivity contribution in [2.45, 2.75) is 56.5 Å². The molecule has 31 heavy (non-hydrogen) atoms. The number of hydrogen-bond donors (Lipinski definition) is 1. The highest BCUT2D eigenvalue weighted by Crippen LogP contribution is 2.46. The summed E-state index contributed by atoms with van der Waals surface area (Å²) >= 11 is 0. The van der Waals surface area contributed by atoms with Crippen molar-refractivity contribution in [3.05, 3.63) is 58.5 Å². The molecule has 4 heterocycles. The summed E-state index contributed by atoms with van der Waals surface area (Å²) in [4.78, 5) is 15.6. The molecule has 0 spiro atoms. The van der Waals surface area contributed by atoms with E-state index in [0.717, 1.165) is 60.8 Å². The van der Waals surface area contributed by atoms with Gasteiger partial charge in [0, 0.05) is 36.2 Å². The molecule has 1 N–H and O–H groups in total. The highest BCUT2D eigenvalue weighted by atomic mass is 19.1. The van der Waals surface area contributed by atoms with Gasteiger partial charge in [-0.1, -0.05) is 0 Å². The minimum atomic E-state index is -0.606. The van der Waals surface area contributed by atoms with Crippen LogP contribution in [0, 0.1) is 11.6 Å². The Kier molecular flexibility index (Phi) is 4.07. The first kappa shape index (κ1) is 18.7. The number of halogens is 2. The maximum absolute atomic E-state index is 13.9. The minimum Gasteiger partial charge on any atom is -0.327 e. The van der Waals surface area contributed by atoms with Crippen LogP contribution in [0.2, 0.25) is 0 Å². The van der Waals surface area contributed by atoms with Crippen molar-refractivity contribution in [1.82, 2.24) is 24.9 Å². The lowest BCUT2D eigenvalue weighted by molar-refractivity contribution is 0.0391. The number of rotatable bonds is 3. The first-order valence-corrected chi connectivity index (χ1v) is 10.9. The van der Waals surface area contributed by atoms with Crippen LogP contribution >= 0.6 is 0 Å². The number of benzene rings is 1. The third kappa shape index (κ3) is 2.91. The van der Waals surface area contributed by atoms with Gasteiger partial charge < -0.3 is 4.90 Å². The van der Waals surface area contributed by atoms with Crippen molar-refractivity contribution in [3.8, 4) is 11.3 Å². The Morgan fingerprint density at radius 1 is 1.13 bits per heavy atom. The number of aryl methyl sites for hydroxylation is 1. The zero-order valence-electron chi connectivity index (χ0n) is 17.2. The van der Waals surface area contributed by atoms with Crippen molar-refractivity contribution in [1.29, 1.82) is 0 Å². The Labute approximate surface area is 178 Å². The molecule has 3 aliphatic rings. The van der Waals surface area contributed by atoms with E-state index >= 15 is 0 Å². The summed E-state index contributed by atoms with van der Waals surface area (Å²) in [5, 5.41) is 11.9. The molecule has 1 amide bonds. The predicted molar refractivity (Wildman–Crippen MR) is 109 cm³/mol. The Balaban J connectivity index is 1.43. The fourth-order valence-corrected chi connectivity index (χ4v) is 5.49. The molecular formula is C23H23F2N5O. The Morgan fingerprint density at radius 2 is 1.90 bits per heavy atom. The van der Waals surface area contributed by atoms with Gasteiger partial charge in [0.25, 0.3) is 5.91 Å². The first-order valence-electron chi connectivity index (χ1n) is 10.9. The average molecular weight is 423 g/mol. The quantitative estimate of drug-likeness (QED) is 0.685. The van der Waals surface area contributed by atoms with Crippen LogP contribution in [0.3, 0.4) is 0 Å². The number of H-pyrrole nitrogens is 1. The number of nitrogens with zero attached hydrogens (tertiary/aromatic N) is 4. The number of aromatic amines is 1. The van der Waals surface area contributed by atoms with E-state index in [9.17, 15) is 13.6 Å². The highest BCUT2D eigenvalue weighted by molar-refractivity contribution is 5.96. The number of carbonyl (C=O) groups excluding carboxylic acids is 1. The second-order valence-electron chi connectivity index (χ2n) is 8.98. The van der Waals surface area contributed by atoms with Crippen LogP contribution in [0.25, 0.3) is 11.3 Å². The van der Waals surface area contributed by atoms with Crippen molar-refractivity contribution >= 4 is 5.91 Å². The fraction of sp³-hybridized carbons (Fsp3) is 0.435. The van der Waals surface area contributed by atoms with E-state index in [2.05, 4.69) is 10.2 Å². The van der Waals surface area contributed by atoms with Crippen LogP contribution in [-0.4, -0.2) is 36.8 Å². The average Bonchev–Trinajstić information content (AvgIpc) is 3.35. The molecule has 1 aliphatic carbocycles. The van der Waals surface area contributed by atoms with Crippen molar-refractivity contribution in [2.75, 3.05) is 0 Å². The third-order valence-electron chi connectivity index (χ3n) is 6.93. The molecule has 1 saturated carbocycles. The minimum absolute atomic E-state index is 0.0139. The number of piperidine rings is 1. The molecular weight excluding hydrogens is 400 g/mol. The van der Waals surface area contributed by atoms with Crippen LogP contribution < -0.4 is 0 Å². The Hall–Kier alpha value is -3.03. The highest BCUT2D eigenvalue weighted by Gasteiger charge is 2.45. The van der Waals surface area contributed by atoms with Gasteiger partial charge in [-0.3, -0.25) is 14.6 Å². The van der Waals surface area contributed by atoms with E-state index in [0.29, 0.717) is 23.5 Å². The SMILES string of the molecule is Cn1nc2c(c1-c1cc(F)cc(F)c1)C[C@H]1CCC[C@@H]2N1C(=O)c1cn[nH]c1C1CC1. The van der Waals surface area contributed by atoms with Crippen LogP contribution in [-0.2, 0) is 13.5 Å². The van der Waals surface area contributed by atoms with Gasteiger partial charge in [-0.25, -0.2) is 8.78 Å². The Morgan fingerprint density at radius 3 is 2.65 bits per heavy atom. The van der Waals surface area contributed by atoms with Gasteiger partial charge in [-0.05, 0) is 50.7 Å². The fourth-order valence-electron chi connectivity index (χ4n) is 5.49. The molecule has 2 aromatic heterocycles. The molecule has 1 aromatic carbocycles. The Bertz CT molecular complexity index is 1170. The molecule has 2 aliphatic heterocycles. The van der Waals surface area contributed by atoms with Gasteiger partial charge in [0.1, 0.15) is 11.6 Å². The predicted octanol–water partition coefficient (Wildman–Crippen LogP) is 4.26.